The summed E-state index contributed by atoms with van der Waals surface area (Å²) in [5, 5.41) is 2.36. The van der Waals surface area contributed by atoms with Crippen LogP contribution in [0.5, 0.6) is 0 Å². The fourth-order valence-corrected chi connectivity index (χ4v) is 4.41. The molecule has 3 heterocycles. The number of rotatable bonds is 5. The Bertz CT molecular complexity index is 1410. The van der Waals surface area contributed by atoms with Gasteiger partial charge in [-0.25, -0.2) is 14.8 Å². The number of Topliss-reactive ketones (excluding diaryl/α,β-unsaturated/α-hetero) is 1. The van der Waals surface area contributed by atoms with E-state index in [4.69, 9.17) is 4.74 Å². The van der Waals surface area contributed by atoms with Crippen LogP contribution in [0.15, 0.2) is 42.6 Å². The minimum absolute atomic E-state index is 0.173. The molecule has 12 heteroatoms. The highest BCUT2D eigenvalue weighted by Crippen LogP contribution is 2.34. The van der Waals surface area contributed by atoms with Gasteiger partial charge in [0.25, 0.3) is 5.91 Å². The van der Waals surface area contributed by atoms with Crippen LogP contribution in [0, 0.1) is 0 Å². The summed E-state index contributed by atoms with van der Waals surface area (Å²) in [6, 6.07) is 7.30. The van der Waals surface area contributed by atoms with Crippen LogP contribution in [-0.4, -0.2) is 49.8 Å². The second-order valence-electron chi connectivity index (χ2n) is 10.5. The van der Waals surface area contributed by atoms with Crippen LogP contribution in [-0.2, 0) is 10.9 Å². The van der Waals surface area contributed by atoms with Crippen molar-refractivity contribution in [2.24, 2.45) is 0 Å². The average Bonchev–Trinajstić information content (AvgIpc) is 3.33. The third-order valence-corrected chi connectivity index (χ3v) is 6.27. The monoisotopic (exact) mass is 557 g/mol. The van der Waals surface area contributed by atoms with Crippen molar-refractivity contribution < 1.29 is 32.3 Å². The Morgan fingerprint density at radius 3 is 2.40 bits per heavy atom. The molecule has 0 bridgehead atoms. The molecule has 4 rings (SSSR count). The lowest BCUT2D eigenvalue weighted by molar-refractivity contribution is -0.137. The molecule has 40 heavy (non-hydrogen) atoms. The number of aromatic amines is 1. The molecule has 0 saturated carbocycles. The number of nitrogens with one attached hydrogen (secondary N) is 2. The standard InChI is InChI=1S/C28H30F3N5O4/c1-16(37)22-23(35-24(34-22)20-7-5-6-14-36(20)26(39)40-27(2,3)4)17-8-10-18(11-9-17)25(38)33-21-15-19(12-13-32-21)28(29,30)31/h8-13,15,20H,5-7,14H2,1-4H3,(H,34,35)(H,32,33,38)/t20-/m0/s1. The number of pyridine rings is 1. The average molecular weight is 558 g/mol. The minimum atomic E-state index is -4.57. The second kappa shape index (κ2) is 11.1. The zero-order chi connectivity index (χ0) is 29.2. The van der Waals surface area contributed by atoms with Crippen LogP contribution >= 0.6 is 0 Å². The Kier molecular flexibility index (Phi) is 7.99. The van der Waals surface area contributed by atoms with E-state index >= 15 is 0 Å². The van der Waals surface area contributed by atoms with Crippen LogP contribution in [0.3, 0.4) is 0 Å². The number of amides is 2. The summed E-state index contributed by atoms with van der Waals surface area (Å²) >= 11 is 0. The maximum atomic E-state index is 13.0. The van der Waals surface area contributed by atoms with Gasteiger partial charge in [0.2, 0.25) is 0 Å². The molecule has 1 saturated heterocycles. The van der Waals surface area contributed by atoms with Gasteiger partial charge in [-0.05, 0) is 64.3 Å². The van der Waals surface area contributed by atoms with E-state index in [0.717, 1.165) is 31.2 Å². The Hall–Kier alpha value is -4.22. The first-order chi connectivity index (χ1) is 18.7. The number of alkyl halides is 3. The fraction of sp³-hybridized carbons (Fsp3) is 0.393. The van der Waals surface area contributed by atoms with Crippen LogP contribution in [0.1, 0.15) is 85.2 Å². The van der Waals surface area contributed by atoms with Gasteiger partial charge in [0.05, 0.1) is 17.3 Å². The highest BCUT2D eigenvalue weighted by atomic mass is 19.4. The highest BCUT2D eigenvalue weighted by molar-refractivity contribution is 6.04. The molecule has 1 aliphatic rings. The van der Waals surface area contributed by atoms with Gasteiger partial charge in [0.1, 0.15) is 22.9 Å². The second-order valence-corrected chi connectivity index (χ2v) is 10.5. The molecule has 2 amide bonds. The van der Waals surface area contributed by atoms with Crippen molar-refractivity contribution in [2.45, 2.75) is 64.8 Å². The number of carbonyl (C=O) groups is 3. The lowest BCUT2D eigenvalue weighted by Gasteiger charge is -2.35. The molecule has 1 aromatic carbocycles. The van der Waals surface area contributed by atoms with Crippen molar-refractivity contribution in [3.8, 4) is 11.3 Å². The molecular weight excluding hydrogens is 527 g/mol. The number of anilines is 1. The van der Waals surface area contributed by atoms with Crippen molar-refractivity contribution in [2.75, 3.05) is 11.9 Å². The van der Waals surface area contributed by atoms with Gasteiger partial charge in [0.15, 0.2) is 5.78 Å². The third kappa shape index (κ3) is 6.67. The number of hydrogen-bond donors (Lipinski definition) is 2. The number of nitrogens with zero attached hydrogens (tertiary/aromatic N) is 3. The molecule has 0 radical (unpaired) electrons. The Morgan fingerprint density at radius 1 is 1.07 bits per heavy atom. The van der Waals surface area contributed by atoms with E-state index in [1.807, 2.05) is 0 Å². The van der Waals surface area contributed by atoms with Crippen LogP contribution in [0.2, 0.25) is 0 Å². The third-order valence-electron chi connectivity index (χ3n) is 6.27. The summed E-state index contributed by atoms with van der Waals surface area (Å²) in [5.41, 5.74) is -0.253. The number of hydrogen-bond acceptors (Lipinski definition) is 6. The van der Waals surface area contributed by atoms with Gasteiger partial charge in [0, 0.05) is 30.8 Å². The first kappa shape index (κ1) is 28.8. The maximum absolute atomic E-state index is 13.0. The molecule has 1 fully saturated rings. The largest absolute Gasteiger partial charge is 0.444 e. The lowest BCUT2D eigenvalue weighted by atomic mass is 10.0. The maximum Gasteiger partial charge on any atom is 0.416 e. The first-order valence-corrected chi connectivity index (χ1v) is 12.8. The van der Waals surface area contributed by atoms with Crippen LogP contribution in [0.25, 0.3) is 11.3 Å². The van der Waals surface area contributed by atoms with Crippen molar-refractivity contribution >= 4 is 23.6 Å². The SMILES string of the molecule is CC(=O)c1[nH]c([C@@H]2CCCCN2C(=O)OC(C)(C)C)nc1-c1ccc(C(=O)Nc2cc(C(F)(F)F)ccn2)cc1. The van der Waals surface area contributed by atoms with Gasteiger partial charge in [-0.1, -0.05) is 12.1 Å². The van der Waals surface area contributed by atoms with E-state index in [1.165, 1.54) is 19.1 Å². The van der Waals surface area contributed by atoms with Crippen molar-refractivity contribution in [3.63, 3.8) is 0 Å². The Balaban J connectivity index is 1.57. The minimum Gasteiger partial charge on any atom is -0.444 e. The number of imidazole rings is 1. The predicted octanol–water partition coefficient (Wildman–Crippen LogP) is 6.41. The molecule has 2 aromatic heterocycles. The van der Waals surface area contributed by atoms with E-state index in [0.29, 0.717) is 30.0 Å². The summed E-state index contributed by atoms with van der Waals surface area (Å²) in [6.45, 7) is 7.28. The van der Waals surface area contributed by atoms with Gasteiger partial charge in [-0.2, -0.15) is 13.2 Å². The van der Waals surface area contributed by atoms with Crippen LogP contribution in [0.4, 0.5) is 23.8 Å². The van der Waals surface area contributed by atoms with Gasteiger partial charge in [-0.3, -0.25) is 14.5 Å². The number of ketones is 1. The van der Waals surface area contributed by atoms with E-state index in [-0.39, 0.29) is 22.9 Å². The number of piperidine rings is 1. The van der Waals surface area contributed by atoms with Crippen molar-refractivity contribution in [1.82, 2.24) is 19.9 Å². The Labute approximate surface area is 229 Å². The molecule has 0 aliphatic carbocycles. The molecule has 1 aliphatic heterocycles. The summed E-state index contributed by atoms with van der Waals surface area (Å²) < 4.78 is 44.5. The number of H-pyrrole nitrogens is 1. The van der Waals surface area contributed by atoms with Crippen molar-refractivity contribution in [3.05, 3.63) is 65.2 Å². The number of halogens is 3. The number of aromatic nitrogens is 3. The van der Waals surface area contributed by atoms with E-state index in [1.54, 1.807) is 37.8 Å². The zero-order valence-electron chi connectivity index (χ0n) is 22.6. The molecule has 212 valence electrons. The smallest absolute Gasteiger partial charge is 0.416 e. The van der Waals surface area contributed by atoms with Crippen molar-refractivity contribution in [1.29, 1.82) is 0 Å². The molecule has 9 nitrogen and oxygen atoms in total. The van der Waals surface area contributed by atoms with E-state index in [2.05, 4.69) is 20.3 Å². The molecular formula is C28H30F3N5O4. The zero-order valence-corrected chi connectivity index (χ0v) is 22.6. The Morgan fingerprint density at radius 2 is 1.77 bits per heavy atom. The molecule has 0 unspecified atom stereocenters. The number of likely N-dealkylation sites (tertiary alicyclic amines) is 1. The molecule has 3 aromatic rings. The normalized spacial score (nSPS) is 16.0. The number of carbonyl (C=O) groups excluding carboxylic acids is 3. The summed E-state index contributed by atoms with van der Waals surface area (Å²) in [7, 11) is 0. The molecule has 1 atom stereocenters. The summed E-state index contributed by atoms with van der Waals surface area (Å²) in [6.07, 6.45) is -1.71. The van der Waals surface area contributed by atoms with E-state index in [9.17, 15) is 27.6 Å². The summed E-state index contributed by atoms with van der Waals surface area (Å²) in [5.74, 6) is -0.682. The lowest BCUT2D eigenvalue weighted by Crippen LogP contribution is -2.42. The number of benzene rings is 1. The summed E-state index contributed by atoms with van der Waals surface area (Å²) in [4.78, 5) is 51.2. The quantitative estimate of drug-likeness (QED) is 0.350. The van der Waals surface area contributed by atoms with Gasteiger partial charge < -0.3 is 15.0 Å². The predicted molar refractivity (Wildman–Crippen MR) is 141 cm³/mol. The van der Waals surface area contributed by atoms with Gasteiger partial charge in [-0.15, -0.1) is 0 Å². The fourth-order valence-electron chi connectivity index (χ4n) is 4.41. The molecule has 2 N–H and O–H groups in total. The van der Waals surface area contributed by atoms with E-state index < -0.39 is 35.4 Å². The topological polar surface area (TPSA) is 117 Å². The van der Waals surface area contributed by atoms with Crippen LogP contribution < -0.4 is 5.32 Å². The molecule has 0 spiro atoms. The number of ether oxygens (including phenoxy) is 1. The first-order valence-electron chi connectivity index (χ1n) is 12.8. The highest BCUT2D eigenvalue weighted by Gasteiger charge is 2.34. The van der Waals surface area contributed by atoms with Gasteiger partial charge >= 0.3 is 12.3 Å².